The van der Waals surface area contributed by atoms with E-state index >= 15 is 0 Å². The number of aromatic nitrogens is 3. The van der Waals surface area contributed by atoms with Crippen molar-refractivity contribution in [3.05, 3.63) is 30.3 Å². The van der Waals surface area contributed by atoms with Crippen LogP contribution in [0, 0.1) is 0 Å². The lowest BCUT2D eigenvalue weighted by Gasteiger charge is -2.19. The minimum atomic E-state index is 0.145. The molecule has 0 aliphatic carbocycles. The zero-order chi connectivity index (χ0) is 15.8. The summed E-state index contributed by atoms with van der Waals surface area (Å²) in [5, 5.41) is 7.69. The number of carbonyl (C=O) groups is 1. The third-order valence-electron chi connectivity index (χ3n) is 3.35. The van der Waals surface area contributed by atoms with Crippen LogP contribution in [0.2, 0.25) is 0 Å². The molecule has 0 fully saturated rings. The lowest BCUT2D eigenvalue weighted by atomic mass is 10.2. The molecule has 118 valence electrons. The third kappa shape index (κ3) is 4.59. The minimum absolute atomic E-state index is 0.145. The molecule has 5 nitrogen and oxygen atoms in total. The topological polar surface area (TPSA) is 61.9 Å². The summed E-state index contributed by atoms with van der Waals surface area (Å²) in [6, 6.07) is 9.83. The molecule has 0 radical (unpaired) electrons. The maximum Gasteiger partial charge on any atom is 0.233 e. The van der Waals surface area contributed by atoms with E-state index in [9.17, 15) is 4.79 Å². The van der Waals surface area contributed by atoms with Gasteiger partial charge in [-0.2, -0.15) is 0 Å². The van der Waals surface area contributed by atoms with E-state index < -0.39 is 0 Å². The highest BCUT2D eigenvalue weighted by Gasteiger charge is 2.13. The van der Waals surface area contributed by atoms with Crippen molar-refractivity contribution in [3.63, 3.8) is 0 Å². The predicted molar refractivity (Wildman–Crippen MR) is 89.7 cm³/mol. The van der Waals surface area contributed by atoms with Crippen LogP contribution in [0.3, 0.4) is 0 Å². The Kier molecular flexibility index (Phi) is 6.45. The van der Waals surface area contributed by atoms with Gasteiger partial charge in [-0.1, -0.05) is 55.4 Å². The molecule has 0 aliphatic rings. The van der Waals surface area contributed by atoms with Crippen LogP contribution in [0.15, 0.2) is 35.5 Å². The molecule has 0 unspecified atom stereocenters. The molecule has 1 N–H and O–H groups in total. The third-order valence-corrected chi connectivity index (χ3v) is 4.18. The maximum absolute atomic E-state index is 12.2. The number of nitrogens with zero attached hydrogens (tertiary/aromatic N) is 3. The van der Waals surface area contributed by atoms with Gasteiger partial charge in [-0.25, -0.2) is 4.98 Å². The van der Waals surface area contributed by atoms with Gasteiger partial charge in [0.2, 0.25) is 11.1 Å². The molecular weight excluding hydrogens is 296 g/mol. The number of thioether (sulfide) groups is 1. The van der Waals surface area contributed by atoms with Gasteiger partial charge in [-0.3, -0.25) is 9.89 Å². The second kappa shape index (κ2) is 8.58. The second-order valence-corrected chi connectivity index (χ2v) is 5.89. The van der Waals surface area contributed by atoms with Gasteiger partial charge in [0.05, 0.1) is 5.75 Å². The highest BCUT2D eigenvalue weighted by atomic mass is 32.2. The number of unbranched alkanes of at least 4 members (excludes halogenated alkanes) is 1. The fourth-order valence-corrected chi connectivity index (χ4v) is 2.76. The summed E-state index contributed by atoms with van der Waals surface area (Å²) in [6.45, 7) is 5.72. The van der Waals surface area contributed by atoms with Crippen LogP contribution in [0.5, 0.6) is 0 Å². The Morgan fingerprint density at radius 2 is 2.05 bits per heavy atom. The number of aromatic amines is 1. The van der Waals surface area contributed by atoms with Crippen LogP contribution in [-0.2, 0) is 4.79 Å². The zero-order valence-electron chi connectivity index (χ0n) is 13.1. The molecule has 1 amide bonds. The number of hydrogen-bond acceptors (Lipinski definition) is 4. The average molecular weight is 318 g/mol. The predicted octanol–water partition coefficient (Wildman–Crippen LogP) is 3.21. The van der Waals surface area contributed by atoms with Gasteiger partial charge >= 0.3 is 0 Å². The fraction of sp³-hybridized carbons (Fsp3) is 0.438. The molecule has 6 heteroatoms. The standard InChI is InChI=1S/C16H22N4OS/c1-3-5-11-20(4-2)14(21)12-22-16-17-15(18-19-16)13-9-7-6-8-10-13/h6-10H,3-5,11-12H2,1-2H3,(H,17,18,19). The van der Waals surface area contributed by atoms with Crippen molar-refractivity contribution in [1.29, 1.82) is 0 Å². The first kappa shape index (κ1) is 16.5. The lowest BCUT2D eigenvalue weighted by molar-refractivity contribution is -0.128. The zero-order valence-corrected chi connectivity index (χ0v) is 13.9. The number of hydrogen-bond donors (Lipinski definition) is 1. The Bertz CT molecular complexity index is 585. The van der Waals surface area contributed by atoms with Crippen LogP contribution in [0.25, 0.3) is 11.4 Å². The van der Waals surface area contributed by atoms with E-state index in [4.69, 9.17) is 0 Å². The normalized spacial score (nSPS) is 10.6. The monoisotopic (exact) mass is 318 g/mol. The molecule has 0 spiro atoms. The quantitative estimate of drug-likeness (QED) is 0.759. The van der Waals surface area contributed by atoms with E-state index in [2.05, 4.69) is 22.1 Å². The molecule has 0 saturated carbocycles. The Morgan fingerprint density at radius 1 is 1.27 bits per heavy atom. The highest BCUT2D eigenvalue weighted by molar-refractivity contribution is 7.99. The van der Waals surface area contributed by atoms with Crippen LogP contribution < -0.4 is 0 Å². The summed E-state index contributed by atoms with van der Waals surface area (Å²) in [4.78, 5) is 18.5. The molecular formula is C16H22N4OS. The molecule has 0 aliphatic heterocycles. The Balaban J connectivity index is 1.89. The summed E-state index contributed by atoms with van der Waals surface area (Å²) in [5.74, 6) is 1.25. The number of amides is 1. The first-order valence-electron chi connectivity index (χ1n) is 7.63. The van der Waals surface area contributed by atoms with Crippen LogP contribution in [-0.4, -0.2) is 44.8 Å². The van der Waals surface area contributed by atoms with Crippen molar-refractivity contribution < 1.29 is 4.79 Å². The number of benzene rings is 1. The summed E-state index contributed by atoms with van der Waals surface area (Å²) in [7, 11) is 0. The van der Waals surface area contributed by atoms with Gasteiger partial charge < -0.3 is 4.90 Å². The van der Waals surface area contributed by atoms with E-state index in [1.165, 1.54) is 11.8 Å². The van der Waals surface area contributed by atoms with Crippen molar-refractivity contribution in [3.8, 4) is 11.4 Å². The van der Waals surface area contributed by atoms with Crippen LogP contribution in [0.1, 0.15) is 26.7 Å². The first-order valence-corrected chi connectivity index (χ1v) is 8.61. The largest absolute Gasteiger partial charge is 0.342 e. The van der Waals surface area contributed by atoms with Gasteiger partial charge in [0.25, 0.3) is 0 Å². The smallest absolute Gasteiger partial charge is 0.233 e. The second-order valence-electron chi connectivity index (χ2n) is 4.95. The number of carbonyl (C=O) groups excluding carboxylic acids is 1. The molecule has 0 saturated heterocycles. The lowest BCUT2D eigenvalue weighted by Crippen LogP contribution is -2.33. The van der Waals surface area contributed by atoms with Gasteiger partial charge in [0.15, 0.2) is 5.82 Å². The Labute approximate surface area is 135 Å². The van der Waals surface area contributed by atoms with E-state index in [1.54, 1.807) is 0 Å². The van der Waals surface area contributed by atoms with Gasteiger partial charge in [-0.15, -0.1) is 5.10 Å². The van der Waals surface area contributed by atoms with E-state index in [-0.39, 0.29) is 5.91 Å². The molecule has 0 atom stereocenters. The summed E-state index contributed by atoms with van der Waals surface area (Å²) in [6.07, 6.45) is 2.14. The van der Waals surface area contributed by atoms with Gasteiger partial charge in [0, 0.05) is 18.7 Å². The van der Waals surface area contributed by atoms with Crippen molar-refractivity contribution in [2.24, 2.45) is 0 Å². The molecule has 1 aromatic heterocycles. The molecule has 2 aromatic rings. The fourth-order valence-electron chi connectivity index (χ4n) is 2.06. The maximum atomic E-state index is 12.2. The van der Waals surface area contributed by atoms with E-state index in [0.717, 1.165) is 37.3 Å². The van der Waals surface area contributed by atoms with Crippen molar-refractivity contribution >= 4 is 17.7 Å². The van der Waals surface area contributed by atoms with Gasteiger partial charge in [0.1, 0.15) is 0 Å². The Morgan fingerprint density at radius 3 is 2.73 bits per heavy atom. The summed E-state index contributed by atoms with van der Waals surface area (Å²) in [5.41, 5.74) is 0.992. The van der Waals surface area contributed by atoms with Gasteiger partial charge in [-0.05, 0) is 13.3 Å². The van der Waals surface area contributed by atoms with E-state index in [1.807, 2.05) is 42.2 Å². The van der Waals surface area contributed by atoms with Crippen molar-refractivity contribution in [2.45, 2.75) is 31.8 Å². The molecule has 1 aromatic carbocycles. The average Bonchev–Trinajstić information content (AvgIpc) is 3.03. The first-order chi connectivity index (χ1) is 10.7. The number of rotatable bonds is 8. The van der Waals surface area contributed by atoms with Crippen LogP contribution >= 0.6 is 11.8 Å². The molecule has 1 heterocycles. The van der Waals surface area contributed by atoms with Crippen LogP contribution in [0.4, 0.5) is 0 Å². The molecule has 2 rings (SSSR count). The van der Waals surface area contributed by atoms with Crippen molar-refractivity contribution in [1.82, 2.24) is 20.1 Å². The number of H-pyrrole nitrogens is 1. The number of nitrogens with one attached hydrogen (secondary N) is 1. The SMILES string of the molecule is CCCCN(CC)C(=O)CSc1n[nH]c(-c2ccccc2)n1. The molecule has 22 heavy (non-hydrogen) atoms. The van der Waals surface area contributed by atoms with Crippen molar-refractivity contribution in [2.75, 3.05) is 18.8 Å². The summed E-state index contributed by atoms with van der Waals surface area (Å²) < 4.78 is 0. The van der Waals surface area contributed by atoms with E-state index in [0.29, 0.717) is 10.9 Å². The summed E-state index contributed by atoms with van der Waals surface area (Å²) >= 11 is 1.38. The minimum Gasteiger partial charge on any atom is -0.342 e. The Hall–Kier alpha value is -1.82. The molecule has 0 bridgehead atoms. The highest BCUT2D eigenvalue weighted by Crippen LogP contribution is 2.19.